The summed E-state index contributed by atoms with van der Waals surface area (Å²) in [6, 6.07) is 0. The lowest BCUT2D eigenvalue weighted by Crippen LogP contribution is -2.40. The molecular weight excluding hydrogens is 504 g/mol. The molecule has 0 fully saturated rings. The fraction of sp³-hybridized carbons (Fsp3) is 0.941. The van der Waals surface area contributed by atoms with Gasteiger partial charge in [0.2, 0.25) is 0 Å². The lowest BCUT2D eigenvalue weighted by atomic mass is 9.91. The fourth-order valence-electron chi connectivity index (χ4n) is 5.67. The molecule has 0 aliphatic heterocycles. The van der Waals surface area contributed by atoms with Crippen LogP contribution in [0.4, 0.5) is 0 Å². The highest BCUT2D eigenvalue weighted by molar-refractivity contribution is 8.01. The summed E-state index contributed by atoms with van der Waals surface area (Å²) in [5.41, 5.74) is 0. The van der Waals surface area contributed by atoms with Gasteiger partial charge in [-0.3, -0.25) is 0 Å². The maximum absolute atomic E-state index is 11.7. The van der Waals surface area contributed by atoms with Crippen LogP contribution in [0.2, 0.25) is 0 Å². The molecule has 0 aromatic carbocycles. The van der Waals surface area contributed by atoms with Gasteiger partial charge in [-0.15, -0.1) is 11.8 Å². The number of hydrogen-bond acceptors (Lipinski definition) is 5. The van der Waals surface area contributed by atoms with E-state index < -0.39 is 17.2 Å². The maximum Gasteiger partial charge on any atom is 0.0547 e. The molecule has 0 saturated heterocycles. The van der Waals surface area contributed by atoms with E-state index in [0.29, 0.717) is 0 Å². The van der Waals surface area contributed by atoms with Crippen molar-refractivity contribution in [2.45, 2.75) is 192 Å². The lowest BCUT2D eigenvalue weighted by Gasteiger charge is -2.28. The van der Waals surface area contributed by atoms with Crippen LogP contribution in [0, 0.1) is 5.92 Å². The van der Waals surface area contributed by atoms with Gasteiger partial charge in [0, 0.05) is 11.0 Å². The van der Waals surface area contributed by atoms with Crippen molar-refractivity contribution in [2.24, 2.45) is 5.92 Å². The van der Waals surface area contributed by atoms with Gasteiger partial charge in [-0.25, -0.2) is 0 Å². The van der Waals surface area contributed by atoms with E-state index in [4.69, 9.17) is 0 Å². The van der Waals surface area contributed by atoms with Crippen LogP contribution >= 0.6 is 11.8 Å². The summed E-state index contributed by atoms with van der Waals surface area (Å²) < 4.78 is 0. The van der Waals surface area contributed by atoms with Crippen molar-refractivity contribution in [3.05, 3.63) is 0 Å². The Kier molecular flexibility index (Phi) is 29.7. The minimum absolute atomic E-state index is 0.00322. The Morgan fingerprint density at radius 3 is 1.05 bits per heavy atom. The molecule has 0 aromatic rings. The average Bonchev–Trinajstić information content (AvgIpc) is 2.91. The monoisotopic (exact) mass is 568 g/mol. The zero-order valence-electron chi connectivity index (χ0n) is 26.0. The maximum atomic E-state index is 11.7. The third-order valence-electron chi connectivity index (χ3n) is 8.15. The van der Waals surface area contributed by atoms with Gasteiger partial charge in [-0.05, 0) is 18.8 Å². The first-order valence-corrected chi connectivity index (χ1v) is 18.1. The molecule has 0 radical (unpaired) electrons. The van der Waals surface area contributed by atoms with E-state index in [1.54, 1.807) is 0 Å². The molecule has 0 amide bonds. The van der Waals surface area contributed by atoms with E-state index in [9.17, 15) is 19.8 Å². The van der Waals surface area contributed by atoms with Crippen LogP contribution in [0.5, 0.6) is 0 Å². The van der Waals surface area contributed by atoms with Crippen LogP contribution in [0.25, 0.3) is 0 Å². The number of carbonyl (C=O) groups excluding carboxylic acids is 2. The lowest BCUT2D eigenvalue weighted by molar-refractivity contribution is -0.305. The van der Waals surface area contributed by atoms with E-state index >= 15 is 0 Å². The predicted octanol–water partition coefficient (Wildman–Crippen LogP) is 8.78. The normalized spacial score (nSPS) is 13.0. The van der Waals surface area contributed by atoms with E-state index in [1.165, 1.54) is 122 Å². The second-order valence-electron chi connectivity index (χ2n) is 11.9. The van der Waals surface area contributed by atoms with Crippen LogP contribution in [-0.2, 0) is 9.59 Å². The number of carboxylic acid groups (broad SMARTS) is 2. The van der Waals surface area contributed by atoms with Gasteiger partial charge in [-0.1, -0.05) is 174 Å². The summed E-state index contributed by atoms with van der Waals surface area (Å²) >= 11 is 0.977. The zero-order chi connectivity index (χ0) is 28.8. The molecule has 232 valence electrons. The first kappa shape index (κ1) is 38.3. The molecule has 0 heterocycles. The van der Waals surface area contributed by atoms with E-state index in [1.807, 2.05) is 0 Å². The van der Waals surface area contributed by atoms with Crippen molar-refractivity contribution in [3.8, 4) is 0 Å². The highest BCUT2D eigenvalue weighted by Gasteiger charge is 2.22. The van der Waals surface area contributed by atoms with Crippen LogP contribution in [-0.4, -0.2) is 22.9 Å². The smallest absolute Gasteiger partial charge is 0.0547 e. The Labute approximate surface area is 247 Å². The number of rotatable bonds is 32. The average molecular weight is 569 g/mol. The summed E-state index contributed by atoms with van der Waals surface area (Å²) in [4.78, 5) is 22.6. The minimum Gasteiger partial charge on any atom is -0.549 e. The molecule has 39 heavy (non-hydrogen) atoms. The van der Waals surface area contributed by atoms with Gasteiger partial charge in [0.25, 0.3) is 0 Å². The number of hydrogen-bond donors (Lipinski definition) is 0. The number of carboxylic acids is 2. The van der Waals surface area contributed by atoms with E-state index in [2.05, 4.69) is 13.8 Å². The topological polar surface area (TPSA) is 80.3 Å². The molecule has 4 nitrogen and oxygen atoms in total. The molecule has 0 aromatic heterocycles. The summed E-state index contributed by atoms with van der Waals surface area (Å²) in [6.45, 7) is 4.45. The highest BCUT2D eigenvalue weighted by atomic mass is 32.2. The van der Waals surface area contributed by atoms with Crippen molar-refractivity contribution < 1.29 is 19.8 Å². The highest BCUT2D eigenvalue weighted by Crippen LogP contribution is 2.29. The Hall–Kier alpha value is -0.710. The van der Waals surface area contributed by atoms with Crippen molar-refractivity contribution in [3.63, 3.8) is 0 Å². The van der Waals surface area contributed by atoms with Crippen LogP contribution in [0.15, 0.2) is 0 Å². The van der Waals surface area contributed by atoms with Gasteiger partial charge in [0.1, 0.15) is 0 Å². The van der Waals surface area contributed by atoms with Gasteiger partial charge in [0.15, 0.2) is 0 Å². The van der Waals surface area contributed by atoms with Crippen LogP contribution < -0.4 is 10.2 Å². The van der Waals surface area contributed by atoms with Gasteiger partial charge < -0.3 is 19.8 Å². The molecule has 5 heteroatoms. The van der Waals surface area contributed by atoms with Crippen molar-refractivity contribution in [1.29, 1.82) is 0 Å². The molecule has 0 spiro atoms. The molecule has 0 aliphatic rings. The summed E-state index contributed by atoms with van der Waals surface area (Å²) in [5, 5.41) is 21.8. The molecule has 0 N–H and O–H groups in total. The number of aliphatic carboxylic acids is 2. The quantitative estimate of drug-likeness (QED) is 0.0758. The van der Waals surface area contributed by atoms with Gasteiger partial charge in [-0.2, -0.15) is 0 Å². The Morgan fingerprint density at radius 2 is 0.769 bits per heavy atom. The fourth-order valence-corrected chi connectivity index (χ4v) is 6.67. The minimum atomic E-state index is -1.20. The number of unbranched alkanes of at least 4 members (excludes halogenated alkanes) is 23. The molecule has 0 rings (SSSR count). The van der Waals surface area contributed by atoms with Crippen molar-refractivity contribution in [2.75, 3.05) is 5.75 Å². The van der Waals surface area contributed by atoms with Crippen molar-refractivity contribution >= 4 is 23.7 Å². The van der Waals surface area contributed by atoms with E-state index in [-0.39, 0.29) is 11.7 Å². The first-order valence-electron chi connectivity index (χ1n) is 17.0. The van der Waals surface area contributed by atoms with Crippen LogP contribution in [0.3, 0.4) is 0 Å². The number of thioether (sulfide) groups is 1. The Bertz CT molecular complexity index is 539. The molecule has 0 saturated carbocycles. The SMILES string of the molecule is CCCCCCCCCCCCCCCCCCCCCCCC(CCCCCC)C(SCC(=O)[O-])C(=O)[O-]. The van der Waals surface area contributed by atoms with Gasteiger partial charge >= 0.3 is 0 Å². The van der Waals surface area contributed by atoms with E-state index in [0.717, 1.165) is 63.1 Å². The molecular formula is C34H64O4S-2. The zero-order valence-corrected chi connectivity index (χ0v) is 26.8. The van der Waals surface area contributed by atoms with Crippen molar-refractivity contribution in [1.82, 2.24) is 0 Å². The standard InChI is InChI=1S/C34H66O4S/c1-3-5-7-9-10-11-12-13-14-15-16-17-18-19-20-21-22-23-24-25-27-29-31(28-26-8-6-4-2)33(34(37)38)39-30-32(35)36/h31,33H,3-30H2,1-2H3,(H,35,36)(H,37,38)/p-2. The molecule has 0 aliphatic carbocycles. The van der Waals surface area contributed by atoms with Gasteiger partial charge in [0.05, 0.1) is 11.9 Å². The molecule has 2 unspecified atom stereocenters. The third-order valence-corrected chi connectivity index (χ3v) is 9.49. The summed E-state index contributed by atoms with van der Waals surface area (Å²) in [5.74, 6) is -2.60. The first-order chi connectivity index (χ1) is 19.0. The Balaban J connectivity index is 3.71. The molecule has 0 bridgehead atoms. The van der Waals surface area contributed by atoms with Crippen LogP contribution in [0.1, 0.15) is 187 Å². The predicted molar refractivity (Wildman–Crippen MR) is 166 cm³/mol. The number of carbonyl (C=O) groups is 2. The summed E-state index contributed by atoms with van der Waals surface area (Å²) in [6.07, 6.45) is 34.6. The second-order valence-corrected chi connectivity index (χ2v) is 13.0. The Morgan fingerprint density at radius 1 is 0.487 bits per heavy atom. The second kappa shape index (κ2) is 30.3. The molecule has 2 atom stereocenters. The summed E-state index contributed by atoms with van der Waals surface area (Å²) in [7, 11) is 0. The third kappa shape index (κ3) is 27.2. The largest absolute Gasteiger partial charge is 0.549 e.